The van der Waals surface area contributed by atoms with Gasteiger partial charge >= 0.3 is 0 Å². The number of hydrogen-bond donors (Lipinski definition) is 0. The molecule has 0 unspecified atom stereocenters. The Labute approximate surface area is 438 Å². The third-order valence-electron chi connectivity index (χ3n) is 15.7. The van der Waals surface area contributed by atoms with Crippen molar-refractivity contribution in [1.29, 1.82) is 0 Å². The van der Waals surface area contributed by atoms with Gasteiger partial charge in [-0.2, -0.15) is 0 Å². The minimum atomic E-state index is -0.0734. The van der Waals surface area contributed by atoms with E-state index < -0.39 is 0 Å². The van der Waals surface area contributed by atoms with Gasteiger partial charge in [0.05, 0.1) is 21.4 Å². The molecule has 0 bridgehead atoms. The highest BCUT2D eigenvalue weighted by atomic mass is 32.1. The summed E-state index contributed by atoms with van der Waals surface area (Å²) >= 11 is 1.82. The van der Waals surface area contributed by atoms with Crippen molar-refractivity contribution in [2.45, 2.75) is 19.3 Å². The van der Waals surface area contributed by atoms with Crippen molar-refractivity contribution in [3.05, 3.63) is 254 Å². The lowest BCUT2D eigenvalue weighted by atomic mass is 9.82. The van der Waals surface area contributed by atoms with E-state index in [1.807, 2.05) is 29.5 Å². The Morgan fingerprint density at radius 1 is 0.333 bits per heavy atom. The van der Waals surface area contributed by atoms with E-state index in [0.29, 0.717) is 17.5 Å². The second kappa shape index (κ2) is 16.9. The Bertz CT molecular complexity index is 4590. The smallest absolute Gasteiger partial charge is 0.165 e. The zero-order valence-corrected chi connectivity index (χ0v) is 42.1. The highest BCUT2D eigenvalue weighted by Gasteiger charge is 2.36. The van der Waals surface area contributed by atoms with Gasteiger partial charge in [0.1, 0.15) is 0 Å². The average Bonchev–Trinajstić information content (AvgIpc) is 4.12. The van der Waals surface area contributed by atoms with E-state index in [4.69, 9.17) is 15.0 Å². The molecule has 0 N–H and O–H groups in total. The van der Waals surface area contributed by atoms with Crippen molar-refractivity contribution in [3.8, 4) is 84.4 Å². The summed E-state index contributed by atoms with van der Waals surface area (Å²) in [6.45, 7) is 4.67. The predicted molar refractivity (Wildman–Crippen MR) is 315 cm³/mol. The zero-order chi connectivity index (χ0) is 49.8. The third kappa shape index (κ3) is 6.78. The molecule has 5 heteroatoms. The maximum atomic E-state index is 5.36. The lowest BCUT2D eigenvalue weighted by Gasteiger charge is -2.21. The molecule has 0 saturated heterocycles. The molecule has 0 fully saturated rings. The maximum Gasteiger partial charge on any atom is 0.165 e. The van der Waals surface area contributed by atoms with Crippen LogP contribution in [0, 0.1) is 0 Å². The number of fused-ring (bicyclic) bond motifs is 11. The van der Waals surface area contributed by atoms with Gasteiger partial charge in [0.25, 0.3) is 0 Å². The van der Waals surface area contributed by atoms with Crippen LogP contribution >= 0.6 is 11.3 Å². The normalized spacial score (nSPS) is 12.8. The fraction of sp³-hybridized carbons (Fsp3) is 0.0429. The SMILES string of the molecule is CC1(C)c2ccccc2-c2c(-c3ccc(-c4nc(-c5ccccc5)nc(-c5cccc6c5sc5c(-n7c8ccc(-c9ccccc9)cc8c8c9ccccc9c(-c9ccccc9)cc87)cccc56)n4)cc3)cccc21. The molecular formula is C70H46N4S. The molecule has 0 radical (unpaired) electrons. The molecular weight excluding hydrogens is 929 g/mol. The van der Waals surface area contributed by atoms with Gasteiger partial charge in [-0.15, -0.1) is 11.3 Å². The topological polar surface area (TPSA) is 43.6 Å². The largest absolute Gasteiger partial charge is 0.308 e. The Morgan fingerprint density at radius 2 is 0.853 bits per heavy atom. The maximum absolute atomic E-state index is 5.36. The van der Waals surface area contributed by atoms with E-state index in [9.17, 15) is 0 Å². The van der Waals surface area contributed by atoms with Crippen LogP contribution in [0.4, 0.5) is 0 Å². The Kier molecular flexibility index (Phi) is 9.75. The molecule has 0 saturated carbocycles. The molecule has 0 spiro atoms. The molecule has 14 aromatic rings. The van der Waals surface area contributed by atoms with Gasteiger partial charge in [-0.25, -0.2) is 15.0 Å². The van der Waals surface area contributed by atoms with Gasteiger partial charge in [-0.3, -0.25) is 0 Å². The van der Waals surface area contributed by atoms with Crippen molar-refractivity contribution in [1.82, 2.24) is 19.5 Å². The van der Waals surface area contributed by atoms with Crippen LogP contribution < -0.4 is 0 Å². The van der Waals surface area contributed by atoms with Crippen LogP contribution in [0.3, 0.4) is 0 Å². The Morgan fingerprint density at radius 3 is 1.61 bits per heavy atom. The molecule has 0 aliphatic heterocycles. The first-order valence-corrected chi connectivity index (χ1v) is 26.5. The van der Waals surface area contributed by atoms with E-state index in [0.717, 1.165) is 38.2 Å². The van der Waals surface area contributed by atoms with Crippen molar-refractivity contribution in [2.24, 2.45) is 0 Å². The van der Waals surface area contributed by atoms with Crippen LogP contribution in [0.5, 0.6) is 0 Å². The van der Waals surface area contributed by atoms with Crippen molar-refractivity contribution < 1.29 is 0 Å². The summed E-state index contributed by atoms with van der Waals surface area (Å²) in [5, 5.41) is 7.31. The lowest BCUT2D eigenvalue weighted by molar-refractivity contribution is 0.660. The second-order valence-electron chi connectivity index (χ2n) is 20.2. The first kappa shape index (κ1) is 43.3. The highest BCUT2D eigenvalue weighted by molar-refractivity contribution is 7.26. The fourth-order valence-electron chi connectivity index (χ4n) is 12.1. The molecule has 3 aromatic heterocycles. The number of thiophene rings is 1. The quantitative estimate of drug-likeness (QED) is 0.160. The molecule has 3 heterocycles. The zero-order valence-electron chi connectivity index (χ0n) is 41.3. The van der Waals surface area contributed by atoms with Crippen molar-refractivity contribution in [3.63, 3.8) is 0 Å². The number of rotatable bonds is 7. The molecule has 1 aliphatic rings. The number of hydrogen-bond acceptors (Lipinski definition) is 4. The average molecular weight is 975 g/mol. The summed E-state index contributed by atoms with van der Waals surface area (Å²) in [5.41, 5.74) is 18.8. The summed E-state index contributed by atoms with van der Waals surface area (Å²) in [7, 11) is 0. The molecule has 75 heavy (non-hydrogen) atoms. The molecule has 11 aromatic carbocycles. The van der Waals surface area contributed by atoms with E-state index in [1.54, 1.807) is 0 Å². The third-order valence-corrected chi connectivity index (χ3v) is 17.0. The van der Waals surface area contributed by atoms with Gasteiger partial charge in [0, 0.05) is 48.4 Å². The van der Waals surface area contributed by atoms with Gasteiger partial charge in [0.2, 0.25) is 0 Å². The van der Waals surface area contributed by atoms with Crippen molar-refractivity contribution in [2.75, 3.05) is 0 Å². The molecule has 4 nitrogen and oxygen atoms in total. The van der Waals surface area contributed by atoms with Crippen LogP contribution in [0.2, 0.25) is 0 Å². The Balaban J connectivity index is 0.917. The second-order valence-corrected chi connectivity index (χ2v) is 21.3. The number of nitrogens with zero attached hydrogens (tertiary/aromatic N) is 4. The summed E-state index contributed by atoms with van der Waals surface area (Å²) in [5.74, 6) is 1.92. The van der Waals surface area contributed by atoms with Crippen LogP contribution in [-0.4, -0.2) is 19.5 Å². The number of aromatic nitrogens is 4. The minimum absolute atomic E-state index is 0.0734. The van der Waals surface area contributed by atoms with Crippen LogP contribution in [0.25, 0.3) is 137 Å². The number of benzene rings is 11. The predicted octanol–water partition coefficient (Wildman–Crippen LogP) is 18.8. The van der Waals surface area contributed by atoms with Gasteiger partial charge < -0.3 is 4.57 Å². The first-order chi connectivity index (χ1) is 37.0. The summed E-state index contributed by atoms with van der Waals surface area (Å²) in [4.78, 5) is 15.8. The molecule has 15 rings (SSSR count). The van der Waals surface area contributed by atoms with Gasteiger partial charge in [-0.05, 0) is 96.7 Å². The molecule has 0 atom stereocenters. The van der Waals surface area contributed by atoms with Crippen LogP contribution in [0.15, 0.2) is 243 Å². The summed E-state index contributed by atoms with van der Waals surface area (Å²) < 4.78 is 4.85. The fourth-order valence-corrected chi connectivity index (χ4v) is 13.4. The van der Waals surface area contributed by atoms with Crippen LogP contribution in [0.1, 0.15) is 25.0 Å². The van der Waals surface area contributed by atoms with Gasteiger partial charge in [0.15, 0.2) is 17.5 Å². The Hall–Kier alpha value is -9.29. The van der Waals surface area contributed by atoms with E-state index in [-0.39, 0.29) is 5.41 Å². The minimum Gasteiger partial charge on any atom is -0.308 e. The molecule has 0 amide bonds. The monoisotopic (exact) mass is 974 g/mol. The van der Waals surface area contributed by atoms with E-state index >= 15 is 0 Å². The standard InChI is InChI=1S/C70H46N4S/c1-70(2)58-32-15-14-27-54(58)63-49(28-17-33-59(63)70)45-35-37-47(38-36-45)68-71-67(46-23-10-5-11-24-46)72-69(73-68)55-31-16-29-52-53-30-18-34-61(66(53)75-65(52)55)74-60-40-39-48(43-19-6-3-7-20-43)41-57(60)64-51-26-13-12-25-50(51)56(42-62(64)74)44-21-8-4-9-22-44/h3-42H,1-2H3. The van der Waals surface area contributed by atoms with Crippen molar-refractivity contribution >= 4 is 64.1 Å². The highest BCUT2D eigenvalue weighted by Crippen LogP contribution is 2.52. The lowest BCUT2D eigenvalue weighted by Crippen LogP contribution is -2.14. The van der Waals surface area contributed by atoms with Crippen LogP contribution in [-0.2, 0) is 5.41 Å². The van der Waals surface area contributed by atoms with E-state index in [2.05, 4.69) is 243 Å². The first-order valence-electron chi connectivity index (χ1n) is 25.7. The molecule has 352 valence electrons. The molecule has 1 aliphatic carbocycles. The summed E-state index contributed by atoms with van der Waals surface area (Å²) in [6.07, 6.45) is 0. The summed E-state index contributed by atoms with van der Waals surface area (Å²) in [6, 6.07) is 87.9. The van der Waals surface area contributed by atoms with E-state index in [1.165, 1.54) is 92.6 Å². The van der Waals surface area contributed by atoms with Gasteiger partial charge in [-0.1, -0.05) is 226 Å².